The first-order chi connectivity index (χ1) is 11.1. The Bertz CT molecular complexity index is 700. The summed E-state index contributed by atoms with van der Waals surface area (Å²) in [6.45, 7) is 0.408. The monoisotopic (exact) mass is 315 g/mol. The molecule has 1 atom stereocenters. The van der Waals surface area contributed by atoms with Crippen molar-refractivity contribution in [2.45, 2.75) is 18.9 Å². The number of hydrogen-bond donors (Lipinski definition) is 1. The van der Waals surface area contributed by atoms with Gasteiger partial charge < -0.3 is 14.8 Å². The molecule has 1 aliphatic heterocycles. The van der Waals surface area contributed by atoms with Gasteiger partial charge >= 0.3 is 0 Å². The molecule has 2 aromatic carbocycles. The first-order valence-electron chi connectivity index (χ1n) is 7.49. The van der Waals surface area contributed by atoms with Gasteiger partial charge in [-0.1, -0.05) is 12.1 Å². The van der Waals surface area contributed by atoms with Crippen LogP contribution in [0.2, 0.25) is 0 Å². The number of methoxy groups -OCH3 is 1. The maximum absolute atomic E-state index is 13.2. The maximum atomic E-state index is 13.2. The molecular formula is C18H18FNO3. The van der Waals surface area contributed by atoms with Crippen LogP contribution in [-0.4, -0.2) is 25.7 Å². The number of benzene rings is 2. The van der Waals surface area contributed by atoms with Gasteiger partial charge in [-0.25, -0.2) is 4.39 Å². The van der Waals surface area contributed by atoms with Crippen LogP contribution >= 0.6 is 0 Å². The summed E-state index contributed by atoms with van der Waals surface area (Å²) in [5.74, 6) is 1.12. The molecule has 0 aliphatic carbocycles. The van der Waals surface area contributed by atoms with Gasteiger partial charge in [0.15, 0.2) is 0 Å². The highest BCUT2D eigenvalue weighted by molar-refractivity contribution is 5.78. The molecule has 0 aromatic heterocycles. The summed E-state index contributed by atoms with van der Waals surface area (Å²) in [6, 6.07) is 11.9. The van der Waals surface area contributed by atoms with Crippen molar-refractivity contribution in [1.82, 2.24) is 5.32 Å². The first kappa shape index (κ1) is 15.3. The predicted octanol–water partition coefficient (Wildman–Crippen LogP) is 2.50. The quantitative estimate of drug-likeness (QED) is 0.922. The highest BCUT2D eigenvalue weighted by Crippen LogP contribution is 2.28. The van der Waals surface area contributed by atoms with Gasteiger partial charge in [-0.2, -0.15) is 0 Å². The molecule has 1 aliphatic rings. The van der Waals surface area contributed by atoms with E-state index in [2.05, 4.69) is 5.32 Å². The van der Waals surface area contributed by atoms with Gasteiger partial charge in [0, 0.05) is 12.0 Å². The average Bonchev–Trinajstić information content (AvgIpc) is 2.95. The summed E-state index contributed by atoms with van der Waals surface area (Å²) in [5, 5.41) is 2.86. The van der Waals surface area contributed by atoms with Gasteiger partial charge in [-0.05, 0) is 35.9 Å². The minimum absolute atomic E-state index is 0.0686. The molecule has 1 amide bonds. The van der Waals surface area contributed by atoms with Gasteiger partial charge in [0.25, 0.3) is 0 Å². The van der Waals surface area contributed by atoms with E-state index in [1.54, 1.807) is 13.2 Å². The SMILES string of the molecule is COc1ccc(CC(=O)NCC2Cc3cc(F)ccc3O2)cc1. The summed E-state index contributed by atoms with van der Waals surface area (Å²) in [6.07, 6.45) is 0.764. The number of ether oxygens (including phenoxy) is 2. The molecule has 5 heteroatoms. The zero-order valence-corrected chi connectivity index (χ0v) is 12.8. The van der Waals surface area contributed by atoms with Crippen molar-refractivity contribution in [3.63, 3.8) is 0 Å². The van der Waals surface area contributed by atoms with Crippen molar-refractivity contribution in [1.29, 1.82) is 0 Å². The Kier molecular flexibility index (Phi) is 4.46. The Morgan fingerprint density at radius 3 is 2.83 bits per heavy atom. The number of fused-ring (bicyclic) bond motifs is 1. The highest BCUT2D eigenvalue weighted by atomic mass is 19.1. The Labute approximate surface area is 134 Å². The van der Waals surface area contributed by atoms with E-state index >= 15 is 0 Å². The summed E-state index contributed by atoms with van der Waals surface area (Å²) in [7, 11) is 1.60. The van der Waals surface area contributed by atoms with E-state index in [4.69, 9.17) is 9.47 Å². The molecule has 4 nitrogen and oxygen atoms in total. The van der Waals surface area contributed by atoms with Gasteiger partial charge in [0.2, 0.25) is 5.91 Å². The van der Waals surface area contributed by atoms with Crippen LogP contribution < -0.4 is 14.8 Å². The van der Waals surface area contributed by atoms with E-state index in [9.17, 15) is 9.18 Å². The Balaban J connectivity index is 1.48. The number of carbonyl (C=O) groups excluding carboxylic acids is 1. The maximum Gasteiger partial charge on any atom is 0.224 e. The highest BCUT2D eigenvalue weighted by Gasteiger charge is 2.23. The second kappa shape index (κ2) is 6.69. The lowest BCUT2D eigenvalue weighted by Crippen LogP contribution is -2.35. The van der Waals surface area contributed by atoms with Crippen LogP contribution in [0.5, 0.6) is 11.5 Å². The Hall–Kier alpha value is -2.56. The third-order valence-electron chi connectivity index (χ3n) is 3.81. The minimum Gasteiger partial charge on any atom is -0.497 e. The van der Waals surface area contributed by atoms with E-state index in [0.717, 1.165) is 16.9 Å². The molecular weight excluding hydrogens is 297 g/mol. The van der Waals surface area contributed by atoms with Crippen LogP contribution in [0.1, 0.15) is 11.1 Å². The van der Waals surface area contributed by atoms with E-state index < -0.39 is 0 Å². The van der Waals surface area contributed by atoms with Crippen LogP contribution in [0.4, 0.5) is 4.39 Å². The fraction of sp³-hybridized carbons (Fsp3) is 0.278. The third-order valence-corrected chi connectivity index (χ3v) is 3.81. The molecule has 0 bridgehead atoms. The molecule has 23 heavy (non-hydrogen) atoms. The van der Waals surface area contributed by atoms with E-state index in [1.165, 1.54) is 12.1 Å². The van der Waals surface area contributed by atoms with E-state index in [1.807, 2.05) is 24.3 Å². The molecule has 0 radical (unpaired) electrons. The smallest absolute Gasteiger partial charge is 0.224 e. The van der Waals surface area contributed by atoms with Gasteiger partial charge in [-0.15, -0.1) is 0 Å². The van der Waals surface area contributed by atoms with Gasteiger partial charge in [0.1, 0.15) is 23.4 Å². The Morgan fingerprint density at radius 2 is 2.09 bits per heavy atom. The van der Waals surface area contributed by atoms with Crippen LogP contribution in [0.15, 0.2) is 42.5 Å². The lowest BCUT2D eigenvalue weighted by molar-refractivity contribution is -0.120. The van der Waals surface area contributed by atoms with Crippen LogP contribution in [-0.2, 0) is 17.6 Å². The van der Waals surface area contributed by atoms with Crippen molar-refractivity contribution in [3.05, 3.63) is 59.4 Å². The third kappa shape index (κ3) is 3.80. The second-order valence-electron chi connectivity index (χ2n) is 5.52. The van der Waals surface area contributed by atoms with Crippen LogP contribution in [0.25, 0.3) is 0 Å². The topological polar surface area (TPSA) is 47.6 Å². The zero-order valence-electron chi connectivity index (χ0n) is 12.8. The Morgan fingerprint density at radius 1 is 1.30 bits per heavy atom. The molecule has 1 N–H and O–H groups in total. The second-order valence-corrected chi connectivity index (χ2v) is 5.52. The largest absolute Gasteiger partial charge is 0.497 e. The molecule has 120 valence electrons. The molecule has 1 heterocycles. The number of hydrogen-bond acceptors (Lipinski definition) is 3. The summed E-state index contributed by atoms with van der Waals surface area (Å²) in [4.78, 5) is 12.0. The number of carbonyl (C=O) groups is 1. The fourth-order valence-corrected chi connectivity index (χ4v) is 2.62. The van der Waals surface area contributed by atoms with Crippen molar-refractivity contribution >= 4 is 5.91 Å². The molecule has 0 spiro atoms. The van der Waals surface area contributed by atoms with Crippen molar-refractivity contribution in [2.24, 2.45) is 0 Å². The number of nitrogens with one attached hydrogen (secondary N) is 1. The van der Waals surface area contributed by atoms with Crippen LogP contribution in [0, 0.1) is 5.82 Å². The van der Waals surface area contributed by atoms with E-state index in [0.29, 0.717) is 25.1 Å². The molecule has 0 saturated carbocycles. The fourth-order valence-electron chi connectivity index (χ4n) is 2.62. The van der Waals surface area contributed by atoms with Crippen LogP contribution in [0.3, 0.4) is 0 Å². The summed E-state index contributed by atoms with van der Waals surface area (Å²) >= 11 is 0. The normalized spacial score (nSPS) is 15.7. The zero-order chi connectivity index (χ0) is 16.2. The molecule has 2 aromatic rings. The van der Waals surface area contributed by atoms with E-state index in [-0.39, 0.29) is 17.8 Å². The number of amides is 1. The number of rotatable bonds is 5. The lowest BCUT2D eigenvalue weighted by Gasteiger charge is -2.12. The minimum atomic E-state index is -0.267. The van der Waals surface area contributed by atoms with Crippen molar-refractivity contribution in [3.8, 4) is 11.5 Å². The van der Waals surface area contributed by atoms with Crippen molar-refractivity contribution < 1.29 is 18.7 Å². The number of halogens is 1. The summed E-state index contributed by atoms with van der Waals surface area (Å²) < 4.78 is 23.9. The van der Waals surface area contributed by atoms with Gasteiger partial charge in [0.05, 0.1) is 20.1 Å². The first-order valence-corrected chi connectivity index (χ1v) is 7.49. The van der Waals surface area contributed by atoms with Gasteiger partial charge in [-0.3, -0.25) is 4.79 Å². The molecule has 0 fully saturated rings. The molecule has 0 saturated heterocycles. The predicted molar refractivity (Wildman–Crippen MR) is 84.2 cm³/mol. The molecule has 1 unspecified atom stereocenters. The molecule has 3 rings (SSSR count). The van der Waals surface area contributed by atoms with Crippen molar-refractivity contribution in [2.75, 3.05) is 13.7 Å². The lowest BCUT2D eigenvalue weighted by atomic mass is 10.1. The summed E-state index contributed by atoms with van der Waals surface area (Å²) in [5.41, 5.74) is 1.76. The average molecular weight is 315 g/mol. The standard InChI is InChI=1S/C18H18FNO3/c1-22-15-5-2-12(3-6-15)8-18(21)20-11-16-10-13-9-14(19)4-7-17(13)23-16/h2-7,9,16H,8,10-11H2,1H3,(H,20,21).